The lowest BCUT2D eigenvalue weighted by atomic mass is 10.4. The summed E-state index contributed by atoms with van der Waals surface area (Å²) in [4.78, 5) is 12.0. The van der Waals surface area contributed by atoms with E-state index < -0.39 is 0 Å². The van der Waals surface area contributed by atoms with E-state index in [0.29, 0.717) is 17.4 Å². The van der Waals surface area contributed by atoms with Gasteiger partial charge in [0.1, 0.15) is 11.6 Å². The van der Waals surface area contributed by atoms with Gasteiger partial charge in [0.25, 0.3) is 0 Å². The number of rotatable bonds is 5. The van der Waals surface area contributed by atoms with Crippen LogP contribution in [0.3, 0.4) is 0 Å². The highest BCUT2D eigenvalue weighted by atomic mass is 16.5. The molecule has 0 aliphatic carbocycles. The van der Waals surface area contributed by atoms with Crippen molar-refractivity contribution in [2.24, 2.45) is 0 Å². The molecule has 0 radical (unpaired) electrons. The van der Waals surface area contributed by atoms with Crippen LogP contribution in [0.1, 0.15) is 13.3 Å². The second-order valence-electron chi connectivity index (χ2n) is 3.67. The Labute approximate surface area is 105 Å². The van der Waals surface area contributed by atoms with E-state index in [1.807, 2.05) is 0 Å². The zero-order chi connectivity index (χ0) is 12.8. The summed E-state index contributed by atoms with van der Waals surface area (Å²) in [5.41, 5.74) is 5.63. The fraction of sp³-hybridized carbons (Fsp3) is 0.250. The first-order valence-corrected chi connectivity index (χ1v) is 5.74. The van der Waals surface area contributed by atoms with E-state index in [1.54, 1.807) is 30.6 Å². The zero-order valence-electron chi connectivity index (χ0n) is 10.1. The lowest BCUT2D eigenvalue weighted by Crippen LogP contribution is -2.05. The molecule has 0 aromatic carbocycles. The Kier molecular flexibility index (Phi) is 3.90. The van der Waals surface area contributed by atoms with Crippen LogP contribution in [0.25, 0.3) is 0 Å². The molecule has 0 amide bonds. The molecule has 0 aliphatic rings. The largest absolute Gasteiger partial charge is 0.437 e. The molecular formula is C12H15N5O. The Hall–Kier alpha value is -2.37. The van der Waals surface area contributed by atoms with Gasteiger partial charge in [0, 0.05) is 18.8 Å². The second-order valence-corrected chi connectivity index (χ2v) is 3.67. The summed E-state index contributed by atoms with van der Waals surface area (Å²) in [5.74, 6) is 1.84. The molecule has 0 fully saturated rings. The van der Waals surface area contributed by atoms with Gasteiger partial charge in [0.05, 0.1) is 6.20 Å². The minimum atomic E-state index is 0.176. The monoisotopic (exact) mass is 245 g/mol. The first-order chi connectivity index (χ1) is 8.78. The van der Waals surface area contributed by atoms with Crippen molar-refractivity contribution >= 4 is 11.8 Å². The van der Waals surface area contributed by atoms with Crippen LogP contribution in [-0.2, 0) is 0 Å². The van der Waals surface area contributed by atoms with E-state index in [0.717, 1.165) is 13.0 Å². The van der Waals surface area contributed by atoms with Crippen LogP contribution < -0.4 is 15.8 Å². The molecule has 6 heteroatoms. The maximum Gasteiger partial charge on any atom is 0.226 e. The molecule has 0 saturated carbocycles. The fourth-order valence-corrected chi connectivity index (χ4v) is 1.37. The average molecular weight is 245 g/mol. The molecular weight excluding hydrogens is 230 g/mol. The number of hydrogen-bond donors (Lipinski definition) is 2. The third-order valence-corrected chi connectivity index (χ3v) is 2.13. The van der Waals surface area contributed by atoms with E-state index >= 15 is 0 Å². The van der Waals surface area contributed by atoms with E-state index in [4.69, 9.17) is 10.5 Å². The van der Waals surface area contributed by atoms with Crippen molar-refractivity contribution in [3.63, 3.8) is 0 Å². The van der Waals surface area contributed by atoms with Crippen LogP contribution >= 0.6 is 0 Å². The third kappa shape index (κ3) is 3.31. The fourth-order valence-electron chi connectivity index (χ4n) is 1.37. The predicted molar refractivity (Wildman–Crippen MR) is 69.5 cm³/mol. The van der Waals surface area contributed by atoms with Crippen molar-refractivity contribution in [1.29, 1.82) is 0 Å². The van der Waals surface area contributed by atoms with Crippen molar-refractivity contribution in [3.05, 3.63) is 30.6 Å². The van der Waals surface area contributed by atoms with E-state index in [2.05, 4.69) is 27.2 Å². The molecule has 0 spiro atoms. The molecule has 6 nitrogen and oxygen atoms in total. The SMILES string of the molecule is CCCNc1cc(Oc2cccnc2)nc(N)n1. The summed E-state index contributed by atoms with van der Waals surface area (Å²) >= 11 is 0. The number of nitrogens with one attached hydrogen (secondary N) is 1. The van der Waals surface area contributed by atoms with Crippen LogP contribution in [-0.4, -0.2) is 21.5 Å². The molecule has 94 valence electrons. The predicted octanol–water partition coefficient (Wildman–Crippen LogP) is 2.07. The van der Waals surface area contributed by atoms with Gasteiger partial charge in [-0.25, -0.2) is 0 Å². The molecule has 0 unspecified atom stereocenters. The summed E-state index contributed by atoms with van der Waals surface area (Å²) in [7, 11) is 0. The maximum absolute atomic E-state index is 5.63. The summed E-state index contributed by atoms with van der Waals surface area (Å²) in [6, 6.07) is 5.29. The van der Waals surface area contributed by atoms with Gasteiger partial charge < -0.3 is 15.8 Å². The van der Waals surface area contributed by atoms with Gasteiger partial charge in [0.2, 0.25) is 11.8 Å². The maximum atomic E-state index is 5.63. The molecule has 18 heavy (non-hydrogen) atoms. The topological polar surface area (TPSA) is 86.0 Å². The summed E-state index contributed by atoms with van der Waals surface area (Å²) in [6.45, 7) is 2.90. The standard InChI is InChI=1S/C12H15N5O/c1-2-5-15-10-7-11(17-12(13)16-10)18-9-4-3-6-14-8-9/h3-4,6-8H,2,5H2,1H3,(H3,13,15,16,17). The minimum Gasteiger partial charge on any atom is -0.437 e. The van der Waals surface area contributed by atoms with Crippen molar-refractivity contribution in [2.75, 3.05) is 17.6 Å². The summed E-state index contributed by atoms with van der Waals surface area (Å²) < 4.78 is 5.55. The highest BCUT2D eigenvalue weighted by Crippen LogP contribution is 2.21. The Morgan fingerprint density at radius 1 is 1.39 bits per heavy atom. The van der Waals surface area contributed by atoms with Crippen molar-refractivity contribution in [1.82, 2.24) is 15.0 Å². The van der Waals surface area contributed by atoms with Gasteiger partial charge in [-0.3, -0.25) is 4.98 Å². The number of nitrogens with two attached hydrogens (primary N) is 1. The summed E-state index contributed by atoms with van der Waals surface area (Å²) in [5, 5.41) is 3.13. The van der Waals surface area contributed by atoms with Gasteiger partial charge in [-0.2, -0.15) is 9.97 Å². The normalized spacial score (nSPS) is 10.1. The van der Waals surface area contributed by atoms with Crippen LogP contribution in [0, 0.1) is 0 Å². The Morgan fingerprint density at radius 3 is 3.00 bits per heavy atom. The highest BCUT2D eigenvalue weighted by Gasteiger charge is 2.04. The number of hydrogen-bond acceptors (Lipinski definition) is 6. The van der Waals surface area contributed by atoms with Crippen molar-refractivity contribution in [3.8, 4) is 11.6 Å². The molecule has 0 aliphatic heterocycles. The average Bonchev–Trinajstić information content (AvgIpc) is 2.37. The van der Waals surface area contributed by atoms with Gasteiger partial charge in [-0.05, 0) is 18.6 Å². The van der Waals surface area contributed by atoms with Crippen molar-refractivity contribution < 1.29 is 4.74 Å². The Balaban J connectivity index is 2.15. The van der Waals surface area contributed by atoms with Crippen molar-refractivity contribution in [2.45, 2.75) is 13.3 Å². The highest BCUT2D eigenvalue weighted by molar-refractivity contribution is 5.43. The molecule has 2 aromatic rings. The van der Waals surface area contributed by atoms with E-state index in [-0.39, 0.29) is 5.95 Å². The van der Waals surface area contributed by atoms with E-state index in [9.17, 15) is 0 Å². The number of pyridine rings is 1. The third-order valence-electron chi connectivity index (χ3n) is 2.13. The number of ether oxygens (including phenoxy) is 1. The first kappa shape index (κ1) is 12.1. The lowest BCUT2D eigenvalue weighted by molar-refractivity contribution is 0.461. The number of nitrogen functional groups attached to an aromatic ring is 1. The second kappa shape index (κ2) is 5.81. The molecule has 2 heterocycles. The molecule has 3 N–H and O–H groups in total. The smallest absolute Gasteiger partial charge is 0.226 e. The van der Waals surface area contributed by atoms with Crippen LogP contribution in [0.5, 0.6) is 11.6 Å². The lowest BCUT2D eigenvalue weighted by Gasteiger charge is -2.08. The molecule has 2 rings (SSSR count). The van der Waals surface area contributed by atoms with Gasteiger partial charge >= 0.3 is 0 Å². The van der Waals surface area contributed by atoms with Crippen LogP contribution in [0.2, 0.25) is 0 Å². The minimum absolute atomic E-state index is 0.176. The number of aromatic nitrogens is 3. The number of anilines is 2. The Morgan fingerprint density at radius 2 is 2.28 bits per heavy atom. The molecule has 0 bridgehead atoms. The molecule has 0 atom stereocenters. The van der Waals surface area contributed by atoms with Crippen LogP contribution in [0.4, 0.5) is 11.8 Å². The van der Waals surface area contributed by atoms with E-state index in [1.165, 1.54) is 0 Å². The summed E-state index contributed by atoms with van der Waals surface area (Å²) in [6.07, 6.45) is 4.29. The van der Waals surface area contributed by atoms with Gasteiger partial charge in [-0.1, -0.05) is 6.92 Å². The quantitative estimate of drug-likeness (QED) is 0.838. The zero-order valence-corrected chi connectivity index (χ0v) is 10.1. The molecule has 0 saturated heterocycles. The number of nitrogens with zero attached hydrogens (tertiary/aromatic N) is 3. The molecule has 2 aromatic heterocycles. The Bertz CT molecular complexity index is 503. The van der Waals surface area contributed by atoms with Gasteiger partial charge in [0.15, 0.2) is 0 Å². The van der Waals surface area contributed by atoms with Gasteiger partial charge in [-0.15, -0.1) is 0 Å². The van der Waals surface area contributed by atoms with Crippen LogP contribution in [0.15, 0.2) is 30.6 Å². The first-order valence-electron chi connectivity index (χ1n) is 5.74.